The van der Waals surface area contributed by atoms with Crippen molar-refractivity contribution in [3.63, 3.8) is 0 Å². The van der Waals surface area contributed by atoms with Gasteiger partial charge >= 0.3 is 0 Å². The van der Waals surface area contributed by atoms with Crippen molar-refractivity contribution in [3.05, 3.63) is 40.7 Å². The molecule has 0 fully saturated rings. The molecule has 0 amide bonds. The zero-order chi connectivity index (χ0) is 16.3. The molecule has 0 unspecified atom stereocenters. The van der Waals surface area contributed by atoms with Crippen molar-refractivity contribution in [2.45, 2.75) is 25.3 Å². The van der Waals surface area contributed by atoms with Gasteiger partial charge in [-0.2, -0.15) is 5.10 Å². The van der Waals surface area contributed by atoms with E-state index in [9.17, 15) is 8.42 Å². The van der Waals surface area contributed by atoms with Gasteiger partial charge in [0.25, 0.3) is 0 Å². The van der Waals surface area contributed by atoms with Crippen molar-refractivity contribution in [2.24, 2.45) is 0 Å². The van der Waals surface area contributed by atoms with Crippen LogP contribution in [-0.2, 0) is 16.6 Å². The van der Waals surface area contributed by atoms with E-state index in [1.165, 1.54) is 25.3 Å². The van der Waals surface area contributed by atoms with Crippen molar-refractivity contribution < 1.29 is 13.2 Å². The van der Waals surface area contributed by atoms with Crippen LogP contribution in [0.4, 0.5) is 0 Å². The highest BCUT2D eigenvalue weighted by molar-refractivity contribution is 7.89. The van der Waals surface area contributed by atoms with Gasteiger partial charge in [-0.3, -0.25) is 4.68 Å². The van der Waals surface area contributed by atoms with Crippen LogP contribution in [0.1, 0.15) is 11.4 Å². The van der Waals surface area contributed by atoms with E-state index in [2.05, 4.69) is 9.82 Å². The second-order valence-electron chi connectivity index (χ2n) is 4.84. The van der Waals surface area contributed by atoms with Crippen LogP contribution in [0.3, 0.4) is 0 Å². The van der Waals surface area contributed by atoms with Gasteiger partial charge in [0.05, 0.1) is 29.3 Å². The van der Waals surface area contributed by atoms with E-state index in [1.54, 1.807) is 4.68 Å². The first-order valence-electron chi connectivity index (χ1n) is 6.68. The molecule has 120 valence electrons. The van der Waals surface area contributed by atoms with Gasteiger partial charge in [-0.05, 0) is 38.1 Å². The topological polar surface area (TPSA) is 73.2 Å². The lowest BCUT2D eigenvalue weighted by atomic mass is 10.3. The van der Waals surface area contributed by atoms with Crippen LogP contribution in [-0.4, -0.2) is 31.9 Å². The second kappa shape index (κ2) is 6.68. The van der Waals surface area contributed by atoms with Gasteiger partial charge in [-0.1, -0.05) is 11.6 Å². The maximum absolute atomic E-state index is 12.2. The number of methoxy groups -OCH3 is 1. The number of rotatable bonds is 6. The first-order chi connectivity index (χ1) is 10.3. The third-order valence-electron chi connectivity index (χ3n) is 3.15. The molecule has 1 aromatic heterocycles. The van der Waals surface area contributed by atoms with Gasteiger partial charge in [0, 0.05) is 12.2 Å². The van der Waals surface area contributed by atoms with E-state index < -0.39 is 10.0 Å². The first kappa shape index (κ1) is 16.8. The van der Waals surface area contributed by atoms with Gasteiger partial charge in [-0.15, -0.1) is 0 Å². The number of hydrogen-bond acceptors (Lipinski definition) is 4. The highest BCUT2D eigenvalue weighted by Crippen LogP contribution is 2.26. The summed E-state index contributed by atoms with van der Waals surface area (Å²) < 4.78 is 33.8. The predicted molar refractivity (Wildman–Crippen MR) is 84.9 cm³/mol. The maximum Gasteiger partial charge on any atom is 0.240 e. The summed E-state index contributed by atoms with van der Waals surface area (Å²) in [6, 6.07) is 6.29. The molecule has 6 nitrogen and oxygen atoms in total. The minimum Gasteiger partial charge on any atom is -0.495 e. The molecule has 0 saturated carbocycles. The summed E-state index contributed by atoms with van der Waals surface area (Å²) in [6.07, 6.45) is 0. The average molecular weight is 344 g/mol. The fourth-order valence-electron chi connectivity index (χ4n) is 2.08. The molecule has 1 N–H and O–H groups in total. The fraction of sp³-hybridized carbons (Fsp3) is 0.357. The molecule has 2 aromatic rings. The summed E-state index contributed by atoms with van der Waals surface area (Å²) >= 11 is 5.96. The molecule has 22 heavy (non-hydrogen) atoms. The quantitative estimate of drug-likeness (QED) is 0.872. The summed E-state index contributed by atoms with van der Waals surface area (Å²) in [5.74, 6) is 0.434. The first-order valence-corrected chi connectivity index (χ1v) is 8.54. The average Bonchev–Trinajstić information content (AvgIpc) is 2.76. The lowest BCUT2D eigenvalue weighted by molar-refractivity contribution is 0.414. The van der Waals surface area contributed by atoms with Gasteiger partial charge < -0.3 is 4.74 Å². The normalized spacial score (nSPS) is 11.6. The molecule has 0 aliphatic carbocycles. The minimum absolute atomic E-state index is 0.103. The Morgan fingerprint density at radius 3 is 2.59 bits per heavy atom. The van der Waals surface area contributed by atoms with E-state index in [0.717, 1.165) is 11.4 Å². The number of nitrogens with one attached hydrogen (secondary N) is 1. The van der Waals surface area contributed by atoms with E-state index in [4.69, 9.17) is 16.3 Å². The molecule has 1 aromatic carbocycles. The molecule has 2 rings (SSSR count). The highest BCUT2D eigenvalue weighted by atomic mass is 35.5. The Labute approximate surface area is 135 Å². The second-order valence-corrected chi connectivity index (χ2v) is 7.02. The summed E-state index contributed by atoms with van der Waals surface area (Å²) in [5, 5.41) is 4.54. The smallest absolute Gasteiger partial charge is 0.240 e. The van der Waals surface area contributed by atoms with Crippen molar-refractivity contribution in [3.8, 4) is 5.75 Å². The molecule has 1 heterocycles. The molecule has 0 radical (unpaired) electrons. The number of nitrogens with zero attached hydrogens (tertiary/aromatic N) is 2. The number of aryl methyl sites for hydroxylation is 2. The Hall–Kier alpha value is -1.57. The Balaban J connectivity index is 2.05. The third kappa shape index (κ3) is 3.79. The van der Waals surface area contributed by atoms with Crippen molar-refractivity contribution in [2.75, 3.05) is 13.7 Å². The molecular weight excluding hydrogens is 326 g/mol. The zero-order valence-electron chi connectivity index (χ0n) is 12.6. The van der Waals surface area contributed by atoms with E-state index in [-0.39, 0.29) is 16.5 Å². The van der Waals surface area contributed by atoms with Gasteiger partial charge in [0.15, 0.2) is 0 Å². The SMILES string of the molecule is COc1ccc(S(=O)(=O)NCCn2nc(C)cc2C)cc1Cl. The molecule has 0 atom stereocenters. The van der Waals surface area contributed by atoms with Crippen LogP contribution in [0.15, 0.2) is 29.2 Å². The Morgan fingerprint density at radius 2 is 2.05 bits per heavy atom. The largest absolute Gasteiger partial charge is 0.495 e. The van der Waals surface area contributed by atoms with E-state index in [0.29, 0.717) is 12.3 Å². The summed E-state index contributed by atoms with van der Waals surface area (Å²) in [4.78, 5) is 0.103. The lowest BCUT2D eigenvalue weighted by Crippen LogP contribution is -2.28. The van der Waals surface area contributed by atoms with E-state index >= 15 is 0 Å². The highest BCUT2D eigenvalue weighted by Gasteiger charge is 2.15. The zero-order valence-corrected chi connectivity index (χ0v) is 14.2. The van der Waals surface area contributed by atoms with Crippen LogP contribution < -0.4 is 9.46 Å². The molecule has 8 heteroatoms. The van der Waals surface area contributed by atoms with Crippen LogP contribution in [0, 0.1) is 13.8 Å². The van der Waals surface area contributed by atoms with Crippen molar-refractivity contribution in [1.82, 2.24) is 14.5 Å². The van der Waals surface area contributed by atoms with Crippen LogP contribution >= 0.6 is 11.6 Å². The van der Waals surface area contributed by atoms with Gasteiger partial charge in [-0.25, -0.2) is 13.1 Å². The molecule has 0 spiro atoms. The van der Waals surface area contributed by atoms with Gasteiger partial charge in [0.2, 0.25) is 10.0 Å². The molecule has 0 saturated heterocycles. The number of sulfonamides is 1. The summed E-state index contributed by atoms with van der Waals surface area (Å²) in [5.41, 5.74) is 1.89. The number of ether oxygens (including phenoxy) is 1. The lowest BCUT2D eigenvalue weighted by Gasteiger charge is -2.09. The van der Waals surface area contributed by atoms with E-state index in [1.807, 2.05) is 19.9 Å². The number of halogens is 1. The Bertz CT molecular complexity index is 772. The van der Waals surface area contributed by atoms with Crippen molar-refractivity contribution in [1.29, 1.82) is 0 Å². The van der Waals surface area contributed by atoms with Gasteiger partial charge in [0.1, 0.15) is 5.75 Å². The molecule has 0 aliphatic heterocycles. The maximum atomic E-state index is 12.2. The monoisotopic (exact) mass is 343 g/mol. The fourth-order valence-corrected chi connectivity index (χ4v) is 3.45. The predicted octanol–water partition coefficient (Wildman–Crippen LogP) is 2.14. The standard InChI is InChI=1S/C14H18ClN3O3S/c1-10-8-11(2)18(17-10)7-6-16-22(19,20)12-4-5-14(21-3)13(15)9-12/h4-5,8-9,16H,6-7H2,1-3H3. The summed E-state index contributed by atoms with van der Waals surface area (Å²) in [6.45, 7) is 4.53. The van der Waals surface area contributed by atoms with Crippen LogP contribution in [0.5, 0.6) is 5.75 Å². The third-order valence-corrected chi connectivity index (χ3v) is 4.91. The number of benzene rings is 1. The molecular formula is C14H18ClN3O3S. The van der Waals surface area contributed by atoms with Crippen LogP contribution in [0.25, 0.3) is 0 Å². The Kier molecular flexibility index (Phi) is 5.10. The molecule has 0 aliphatic rings. The van der Waals surface area contributed by atoms with Crippen LogP contribution in [0.2, 0.25) is 5.02 Å². The minimum atomic E-state index is -3.62. The Morgan fingerprint density at radius 1 is 1.32 bits per heavy atom. The van der Waals surface area contributed by atoms with Crippen molar-refractivity contribution >= 4 is 21.6 Å². The number of aromatic nitrogens is 2. The molecule has 0 bridgehead atoms. The summed E-state index contributed by atoms with van der Waals surface area (Å²) in [7, 11) is -2.14. The number of hydrogen-bond donors (Lipinski definition) is 1.